The van der Waals surface area contributed by atoms with Crippen molar-refractivity contribution in [3.05, 3.63) is 34.6 Å². The van der Waals surface area contributed by atoms with Gasteiger partial charge in [-0.2, -0.15) is 0 Å². The number of rotatable bonds is 2. The fraction of sp³-hybridized carbons (Fsp3) is 0.632. The molecule has 2 heterocycles. The van der Waals surface area contributed by atoms with Crippen LogP contribution in [-0.4, -0.2) is 43.8 Å². The smallest absolute Gasteiger partial charge is 0.337 e. The highest BCUT2D eigenvalue weighted by Crippen LogP contribution is 2.51. The lowest BCUT2D eigenvalue weighted by Crippen LogP contribution is -2.54. The van der Waals surface area contributed by atoms with Gasteiger partial charge in [-0.3, -0.25) is 4.90 Å². The Morgan fingerprint density at radius 3 is 2.79 bits per heavy atom. The van der Waals surface area contributed by atoms with Crippen LogP contribution >= 0.6 is 0 Å². The Kier molecular flexibility index (Phi) is 4.09. The van der Waals surface area contributed by atoms with Crippen LogP contribution < -0.4 is 0 Å². The lowest BCUT2D eigenvalue weighted by Gasteiger charge is -2.54. The van der Waals surface area contributed by atoms with Crippen LogP contribution in [0.15, 0.2) is 12.1 Å². The van der Waals surface area contributed by atoms with Gasteiger partial charge in [-0.15, -0.1) is 0 Å². The molecule has 4 nitrogen and oxygen atoms in total. The topological polar surface area (TPSA) is 38.8 Å². The van der Waals surface area contributed by atoms with Gasteiger partial charge in [0.05, 0.1) is 12.7 Å². The molecule has 5 heteroatoms. The van der Waals surface area contributed by atoms with E-state index >= 15 is 0 Å². The third kappa shape index (κ3) is 2.74. The second-order valence-corrected chi connectivity index (χ2v) is 7.48. The summed E-state index contributed by atoms with van der Waals surface area (Å²) in [6, 6.07) is 3.67. The fourth-order valence-electron chi connectivity index (χ4n) is 4.60. The maximum Gasteiger partial charge on any atom is 0.337 e. The van der Waals surface area contributed by atoms with E-state index in [1.54, 1.807) is 6.07 Å². The van der Waals surface area contributed by atoms with Gasteiger partial charge in [0.2, 0.25) is 0 Å². The molecule has 3 aliphatic rings. The van der Waals surface area contributed by atoms with Crippen LogP contribution in [0.2, 0.25) is 0 Å². The van der Waals surface area contributed by atoms with Gasteiger partial charge < -0.3 is 9.47 Å². The molecule has 0 bridgehead atoms. The van der Waals surface area contributed by atoms with Crippen molar-refractivity contribution in [1.29, 1.82) is 0 Å². The summed E-state index contributed by atoms with van der Waals surface area (Å²) >= 11 is 0. The van der Waals surface area contributed by atoms with Crippen LogP contribution in [0.4, 0.5) is 4.39 Å². The van der Waals surface area contributed by atoms with Crippen LogP contribution in [0, 0.1) is 11.2 Å². The molecule has 24 heavy (non-hydrogen) atoms. The van der Waals surface area contributed by atoms with E-state index in [9.17, 15) is 9.18 Å². The maximum atomic E-state index is 14.5. The minimum atomic E-state index is -0.473. The van der Waals surface area contributed by atoms with Gasteiger partial charge >= 0.3 is 5.97 Å². The van der Waals surface area contributed by atoms with Gasteiger partial charge in [0.1, 0.15) is 5.82 Å². The SMILES string of the molecule is COC(=O)c1cc(F)c2c(c1)CCN(C1CC3(CCOCC3)C1)C2. The molecule has 130 valence electrons. The van der Waals surface area contributed by atoms with Gasteiger partial charge in [0.15, 0.2) is 0 Å². The molecule has 1 aromatic rings. The number of esters is 1. The third-order valence-electron chi connectivity index (χ3n) is 6.15. The first-order valence-electron chi connectivity index (χ1n) is 8.82. The number of carbonyl (C=O) groups excluding carboxylic acids is 1. The molecule has 0 radical (unpaired) electrons. The number of nitrogens with zero attached hydrogens (tertiary/aromatic N) is 1. The normalized spacial score (nSPS) is 23.6. The molecule has 1 saturated carbocycles. The van der Waals surface area contributed by atoms with Crippen LogP contribution in [0.3, 0.4) is 0 Å². The quantitative estimate of drug-likeness (QED) is 0.780. The number of hydrogen-bond acceptors (Lipinski definition) is 4. The molecule has 1 aliphatic carbocycles. The molecule has 0 N–H and O–H groups in total. The zero-order chi connectivity index (χ0) is 16.7. The predicted molar refractivity (Wildman–Crippen MR) is 87.4 cm³/mol. The Bertz CT molecular complexity index is 646. The van der Waals surface area contributed by atoms with Gasteiger partial charge in [0, 0.05) is 37.9 Å². The van der Waals surface area contributed by atoms with E-state index in [0.29, 0.717) is 23.6 Å². The Balaban J connectivity index is 1.46. The van der Waals surface area contributed by atoms with Crippen molar-refractivity contribution in [2.75, 3.05) is 26.9 Å². The molecule has 0 atom stereocenters. The van der Waals surface area contributed by atoms with Crippen LogP contribution in [0.25, 0.3) is 0 Å². The largest absolute Gasteiger partial charge is 0.465 e. The van der Waals surface area contributed by atoms with Crippen molar-refractivity contribution in [1.82, 2.24) is 4.90 Å². The van der Waals surface area contributed by atoms with E-state index in [0.717, 1.165) is 37.3 Å². The first kappa shape index (κ1) is 16.0. The van der Waals surface area contributed by atoms with Crippen molar-refractivity contribution in [3.63, 3.8) is 0 Å². The Labute approximate surface area is 141 Å². The summed E-state index contributed by atoms with van der Waals surface area (Å²) in [5.41, 5.74) is 2.50. The van der Waals surface area contributed by atoms with E-state index in [1.165, 1.54) is 38.9 Å². The standard InChI is InChI=1S/C19H24FNO3/c1-23-18(22)14-8-13-2-5-21(12-16(13)17(20)9-14)15-10-19(11-15)3-6-24-7-4-19/h8-9,15H,2-7,10-12H2,1H3. The molecule has 2 fully saturated rings. The molecule has 1 spiro atoms. The number of hydrogen-bond donors (Lipinski definition) is 0. The van der Waals surface area contributed by atoms with Crippen LogP contribution in [-0.2, 0) is 22.4 Å². The monoisotopic (exact) mass is 333 g/mol. The molecule has 4 rings (SSSR count). The summed E-state index contributed by atoms with van der Waals surface area (Å²) < 4.78 is 24.7. The maximum absolute atomic E-state index is 14.5. The first-order chi connectivity index (χ1) is 11.6. The van der Waals surface area contributed by atoms with Crippen molar-refractivity contribution < 1.29 is 18.7 Å². The first-order valence-corrected chi connectivity index (χ1v) is 8.82. The summed E-state index contributed by atoms with van der Waals surface area (Å²) in [7, 11) is 1.32. The lowest BCUT2D eigenvalue weighted by atomic mass is 9.60. The number of methoxy groups -OCH3 is 1. The molecule has 1 aromatic carbocycles. The number of fused-ring (bicyclic) bond motifs is 1. The Morgan fingerprint density at radius 1 is 1.33 bits per heavy atom. The summed E-state index contributed by atoms with van der Waals surface area (Å²) in [5.74, 6) is -0.753. The number of ether oxygens (including phenoxy) is 2. The summed E-state index contributed by atoms with van der Waals surface area (Å²) in [6.07, 6.45) is 5.57. The second-order valence-electron chi connectivity index (χ2n) is 7.48. The van der Waals surface area contributed by atoms with Crippen molar-refractivity contribution in [2.45, 2.75) is 44.7 Å². The van der Waals surface area contributed by atoms with Crippen LogP contribution in [0.1, 0.15) is 47.2 Å². The zero-order valence-corrected chi connectivity index (χ0v) is 14.1. The fourth-order valence-corrected chi connectivity index (χ4v) is 4.60. The number of benzene rings is 1. The minimum absolute atomic E-state index is 0.280. The summed E-state index contributed by atoms with van der Waals surface area (Å²) in [4.78, 5) is 14.1. The second kappa shape index (κ2) is 6.12. The zero-order valence-electron chi connectivity index (χ0n) is 14.1. The van der Waals surface area contributed by atoms with E-state index < -0.39 is 5.97 Å². The van der Waals surface area contributed by atoms with Gasteiger partial charge in [-0.1, -0.05) is 0 Å². The molecule has 0 amide bonds. The minimum Gasteiger partial charge on any atom is -0.465 e. The van der Waals surface area contributed by atoms with Gasteiger partial charge in [-0.25, -0.2) is 9.18 Å². The highest BCUT2D eigenvalue weighted by Gasteiger charge is 2.47. The molecule has 0 unspecified atom stereocenters. The molecular weight excluding hydrogens is 309 g/mol. The van der Waals surface area contributed by atoms with Gasteiger partial charge in [-0.05, 0) is 55.2 Å². The number of carbonyl (C=O) groups is 1. The molecule has 2 aliphatic heterocycles. The Morgan fingerprint density at radius 2 is 2.08 bits per heavy atom. The van der Waals surface area contributed by atoms with Crippen molar-refractivity contribution in [3.8, 4) is 0 Å². The highest BCUT2D eigenvalue weighted by atomic mass is 19.1. The van der Waals surface area contributed by atoms with Crippen molar-refractivity contribution >= 4 is 5.97 Å². The summed E-state index contributed by atoms with van der Waals surface area (Å²) in [6.45, 7) is 3.37. The van der Waals surface area contributed by atoms with Crippen LogP contribution in [0.5, 0.6) is 0 Å². The van der Waals surface area contributed by atoms with Gasteiger partial charge in [0.25, 0.3) is 0 Å². The molecule has 1 saturated heterocycles. The van der Waals surface area contributed by atoms with Crippen molar-refractivity contribution in [2.24, 2.45) is 5.41 Å². The van der Waals surface area contributed by atoms with E-state index in [-0.39, 0.29) is 5.82 Å². The lowest BCUT2D eigenvalue weighted by molar-refractivity contribution is -0.0792. The molecule has 0 aromatic heterocycles. The summed E-state index contributed by atoms with van der Waals surface area (Å²) in [5, 5.41) is 0. The number of halogens is 1. The van der Waals surface area contributed by atoms with E-state index in [4.69, 9.17) is 9.47 Å². The average molecular weight is 333 g/mol. The third-order valence-corrected chi connectivity index (χ3v) is 6.15. The molecular formula is C19H24FNO3. The van der Waals surface area contributed by atoms with E-state index in [1.807, 2.05) is 0 Å². The average Bonchev–Trinajstić information content (AvgIpc) is 2.59. The van der Waals surface area contributed by atoms with E-state index in [2.05, 4.69) is 4.90 Å². The predicted octanol–water partition coefficient (Wildman–Crippen LogP) is 2.93. The Hall–Kier alpha value is -1.46. The highest BCUT2D eigenvalue weighted by molar-refractivity contribution is 5.89.